The third-order valence-electron chi connectivity index (χ3n) is 3.94. The normalized spacial score (nSPS) is 15.7. The molecule has 3 rings (SSSR count). The summed E-state index contributed by atoms with van der Waals surface area (Å²) in [5, 5.41) is 9.51. The molecule has 0 radical (unpaired) electrons. The molecule has 1 aliphatic heterocycles. The van der Waals surface area contributed by atoms with E-state index in [-0.39, 0.29) is 11.8 Å². The highest BCUT2D eigenvalue weighted by Crippen LogP contribution is 2.30. The molecule has 0 bridgehead atoms. The van der Waals surface area contributed by atoms with Gasteiger partial charge in [-0.25, -0.2) is 4.98 Å². The summed E-state index contributed by atoms with van der Waals surface area (Å²) in [6.45, 7) is 2.88. The predicted octanol–water partition coefficient (Wildman–Crippen LogP) is 1.85. The summed E-state index contributed by atoms with van der Waals surface area (Å²) in [5.74, 6) is 0.212. The van der Waals surface area contributed by atoms with Crippen LogP contribution < -0.4 is 5.32 Å². The minimum atomic E-state index is -0.110. The highest BCUT2D eigenvalue weighted by atomic mass is 32.1. The van der Waals surface area contributed by atoms with E-state index in [0.29, 0.717) is 29.8 Å². The molecule has 0 unspecified atom stereocenters. The van der Waals surface area contributed by atoms with E-state index < -0.39 is 0 Å². The third-order valence-corrected chi connectivity index (χ3v) is 4.71. The molecule has 0 atom stereocenters. The molecule has 7 nitrogen and oxygen atoms in total. The number of nitrogens with one attached hydrogen (secondary N) is 1. The molecule has 0 aliphatic carbocycles. The zero-order valence-corrected chi connectivity index (χ0v) is 14.0. The van der Waals surface area contributed by atoms with Crippen molar-refractivity contribution in [1.29, 1.82) is 0 Å². The van der Waals surface area contributed by atoms with Crippen LogP contribution >= 0.6 is 11.3 Å². The number of rotatable bonds is 3. The maximum absolute atomic E-state index is 12.4. The Balaban J connectivity index is 1.59. The molecule has 2 amide bonds. The Kier molecular flexibility index (Phi) is 4.42. The molecule has 2 aromatic heterocycles. The molecular weight excluding hydrogens is 314 g/mol. The van der Waals surface area contributed by atoms with Crippen molar-refractivity contribution in [3.63, 3.8) is 0 Å². The van der Waals surface area contributed by atoms with E-state index in [4.69, 9.17) is 0 Å². The first-order valence-electron chi connectivity index (χ1n) is 7.55. The molecule has 1 aliphatic rings. The number of hydrogen-bond acceptors (Lipinski definition) is 5. The second-order valence-electron chi connectivity index (χ2n) is 5.70. The fourth-order valence-electron chi connectivity index (χ4n) is 2.75. The van der Waals surface area contributed by atoms with Crippen molar-refractivity contribution in [2.75, 3.05) is 18.4 Å². The van der Waals surface area contributed by atoms with Gasteiger partial charge in [0.25, 0.3) is 5.91 Å². The van der Waals surface area contributed by atoms with Gasteiger partial charge in [0.2, 0.25) is 5.91 Å². The minimum absolute atomic E-state index is 0.0127. The zero-order chi connectivity index (χ0) is 16.4. The first-order chi connectivity index (χ1) is 11.0. The number of likely N-dealkylation sites (tertiary alicyclic amines) is 1. The number of carbonyl (C=O) groups is 2. The topological polar surface area (TPSA) is 80.1 Å². The van der Waals surface area contributed by atoms with Crippen molar-refractivity contribution in [2.24, 2.45) is 7.05 Å². The number of nitrogens with zero attached hydrogens (tertiary/aromatic N) is 4. The van der Waals surface area contributed by atoms with E-state index in [1.165, 1.54) is 18.3 Å². The lowest BCUT2D eigenvalue weighted by Crippen LogP contribution is -2.38. The van der Waals surface area contributed by atoms with Gasteiger partial charge in [0.15, 0.2) is 5.13 Å². The minimum Gasteiger partial charge on any atom is -0.337 e. The number of carbonyl (C=O) groups excluding carboxylic acids is 2. The number of aromatic nitrogens is 3. The van der Waals surface area contributed by atoms with Crippen molar-refractivity contribution in [1.82, 2.24) is 19.7 Å². The maximum atomic E-state index is 12.4. The number of thiazole rings is 1. The maximum Gasteiger partial charge on any atom is 0.274 e. The summed E-state index contributed by atoms with van der Waals surface area (Å²) < 4.78 is 1.64. The Morgan fingerprint density at radius 2 is 2.09 bits per heavy atom. The summed E-state index contributed by atoms with van der Waals surface area (Å²) in [7, 11) is 1.80. The number of piperidine rings is 1. The summed E-state index contributed by atoms with van der Waals surface area (Å²) in [4.78, 5) is 29.7. The smallest absolute Gasteiger partial charge is 0.274 e. The molecule has 1 fully saturated rings. The number of amides is 2. The SMILES string of the molecule is CC(=O)Nc1nc(C2CCN(C(=O)c3ccn(C)n3)CC2)cs1. The van der Waals surface area contributed by atoms with Gasteiger partial charge in [-0.05, 0) is 18.9 Å². The van der Waals surface area contributed by atoms with Crippen LogP contribution in [0, 0.1) is 0 Å². The van der Waals surface area contributed by atoms with E-state index in [0.717, 1.165) is 18.5 Å². The van der Waals surface area contributed by atoms with Crippen LogP contribution in [0.4, 0.5) is 5.13 Å². The van der Waals surface area contributed by atoms with Crippen LogP contribution in [0.15, 0.2) is 17.6 Å². The average molecular weight is 333 g/mol. The molecule has 8 heteroatoms. The van der Waals surface area contributed by atoms with Gasteiger partial charge in [-0.3, -0.25) is 14.3 Å². The second kappa shape index (κ2) is 6.49. The monoisotopic (exact) mass is 333 g/mol. The van der Waals surface area contributed by atoms with E-state index in [1.54, 1.807) is 24.0 Å². The molecule has 0 spiro atoms. The number of aryl methyl sites for hydroxylation is 1. The van der Waals surface area contributed by atoms with Gasteiger partial charge in [-0.15, -0.1) is 11.3 Å². The molecule has 2 aromatic rings. The van der Waals surface area contributed by atoms with Crippen molar-refractivity contribution in [3.8, 4) is 0 Å². The van der Waals surface area contributed by atoms with Gasteiger partial charge in [-0.2, -0.15) is 5.10 Å². The molecule has 0 aromatic carbocycles. The molecule has 1 N–H and O–H groups in total. The number of anilines is 1. The molecule has 0 saturated carbocycles. The van der Waals surface area contributed by atoms with Crippen LogP contribution in [0.5, 0.6) is 0 Å². The van der Waals surface area contributed by atoms with Crippen LogP contribution in [-0.4, -0.2) is 44.6 Å². The van der Waals surface area contributed by atoms with Gasteiger partial charge in [0.1, 0.15) is 5.69 Å². The lowest BCUT2D eigenvalue weighted by atomic mass is 9.94. The van der Waals surface area contributed by atoms with E-state index in [2.05, 4.69) is 15.4 Å². The standard InChI is InChI=1S/C15H19N5O2S/c1-10(21)16-15-17-13(9-23-15)11-3-7-20(8-4-11)14(22)12-5-6-19(2)18-12/h5-6,9,11H,3-4,7-8H2,1-2H3,(H,16,17,21). The van der Waals surface area contributed by atoms with Crippen molar-refractivity contribution < 1.29 is 9.59 Å². The Bertz CT molecular complexity index is 715. The first kappa shape index (κ1) is 15.7. The van der Waals surface area contributed by atoms with Crippen LogP contribution in [-0.2, 0) is 11.8 Å². The Hall–Kier alpha value is -2.22. The lowest BCUT2D eigenvalue weighted by Gasteiger charge is -2.30. The molecule has 23 heavy (non-hydrogen) atoms. The summed E-state index contributed by atoms with van der Waals surface area (Å²) in [6.07, 6.45) is 3.53. The highest BCUT2D eigenvalue weighted by molar-refractivity contribution is 7.13. The fourth-order valence-corrected chi connectivity index (χ4v) is 3.59. The Labute approximate surface area is 138 Å². The largest absolute Gasteiger partial charge is 0.337 e. The summed E-state index contributed by atoms with van der Waals surface area (Å²) >= 11 is 1.44. The molecule has 3 heterocycles. The Morgan fingerprint density at radius 1 is 1.35 bits per heavy atom. The van der Waals surface area contributed by atoms with Crippen LogP contribution in [0.2, 0.25) is 0 Å². The molecule has 122 valence electrons. The summed E-state index contributed by atoms with van der Waals surface area (Å²) in [5.41, 5.74) is 1.50. The van der Waals surface area contributed by atoms with E-state index in [9.17, 15) is 9.59 Å². The fraction of sp³-hybridized carbons (Fsp3) is 0.467. The Morgan fingerprint density at radius 3 is 2.70 bits per heavy atom. The second-order valence-corrected chi connectivity index (χ2v) is 6.56. The van der Waals surface area contributed by atoms with Crippen LogP contribution in [0.25, 0.3) is 0 Å². The first-order valence-corrected chi connectivity index (χ1v) is 8.43. The predicted molar refractivity (Wildman–Crippen MR) is 87.5 cm³/mol. The van der Waals surface area contributed by atoms with Crippen molar-refractivity contribution in [2.45, 2.75) is 25.7 Å². The van der Waals surface area contributed by atoms with Crippen molar-refractivity contribution in [3.05, 3.63) is 29.0 Å². The van der Waals surface area contributed by atoms with Gasteiger partial charge in [0.05, 0.1) is 5.69 Å². The third kappa shape index (κ3) is 3.58. The average Bonchev–Trinajstić information content (AvgIpc) is 3.15. The van der Waals surface area contributed by atoms with Crippen molar-refractivity contribution >= 4 is 28.3 Å². The lowest BCUT2D eigenvalue weighted by molar-refractivity contribution is -0.114. The molecular formula is C15H19N5O2S. The molecule has 1 saturated heterocycles. The number of hydrogen-bond donors (Lipinski definition) is 1. The van der Waals surface area contributed by atoms with Crippen LogP contribution in [0.3, 0.4) is 0 Å². The van der Waals surface area contributed by atoms with E-state index in [1.807, 2.05) is 10.3 Å². The van der Waals surface area contributed by atoms with Gasteiger partial charge < -0.3 is 10.2 Å². The van der Waals surface area contributed by atoms with Gasteiger partial charge in [0, 0.05) is 44.6 Å². The summed E-state index contributed by atoms with van der Waals surface area (Å²) in [6, 6.07) is 1.74. The van der Waals surface area contributed by atoms with Gasteiger partial charge >= 0.3 is 0 Å². The highest BCUT2D eigenvalue weighted by Gasteiger charge is 2.27. The van der Waals surface area contributed by atoms with Crippen LogP contribution in [0.1, 0.15) is 41.9 Å². The van der Waals surface area contributed by atoms with Gasteiger partial charge in [-0.1, -0.05) is 0 Å². The zero-order valence-electron chi connectivity index (χ0n) is 13.2. The quantitative estimate of drug-likeness (QED) is 0.929. The van der Waals surface area contributed by atoms with E-state index >= 15 is 0 Å².